The molecule has 6 nitrogen and oxygen atoms in total. The van der Waals surface area contributed by atoms with Crippen LogP contribution in [-0.2, 0) is 16.6 Å². The lowest BCUT2D eigenvalue weighted by atomic mass is 9.82. The molecule has 2 aromatic rings. The van der Waals surface area contributed by atoms with Crippen molar-refractivity contribution in [3.05, 3.63) is 65.7 Å². The molecule has 0 aromatic heterocycles. The van der Waals surface area contributed by atoms with Crippen molar-refractivity contribution >= 4 is 40.0 Å². The standard InChI is InChI=1S/C23H32N4O2S.HI/c1-18-17-27(15-14-22(18)20-8-6-5-7-9-20)23(24-2)25-16-19-10-12-21(13-11-19)30(28,29)26(3)4;/h5-13,18,22H,14-17H2,1-4H3,(H,24,25);1H. The molecular formula is C23H33IN4O2S. The zero-order valence-electron chi connectivity index (χ0n) is 18.7. The van der Waals surface area contributed by atoms with Gasteiger partial charge in [0, 0.05) is 40.8 Å². The largest absolute Gasteiger partial charge is 0.352 e. The van der Waals surface area contributed by atoms with Gasteiger partial charge < -0.3 is 10.2 Å². The van der Waals surface area contributed by atoms with Crippen molar-refractivity contribution in [1.29, 1.82) is 0 Å². The van der Waals surface area contributed by atoms with Gasteiger partial charge in [0.1, 0.15) is 0 Å². The molecule has 8 heteroatoms. The Balaban J connectivity index is 0.00000341. The smallest absolute Gasteiger partial charge is 0.242 e. The van der Waals surface area contributed by atoms with Gasteiger partial charge in [0.15, 0.2) is 5.96 Å². The monoisotopic (exact) mass is 556 g/mol. The Morgan fingerprint density at radius 1 is 1.13 bits per heavy atom. The summed E-state index contributed by atoms with van der Waals surface area (Å²) in [6.45, 7) is 4.83. The van der Waals surface area contributed by atoms with Crippen LogP contribution in [0, 0.1) is 5.92 Å². The third-order valence-electron chi connectivity index (χ3n) is 5.80. The summed E-state index contributed by atoms with van der Waals surface area (Å²) in [6.07, 6.45) is 1.10. The van der Waals surface area contributed by atoms with Gasteiger partial charge in [0.25, 0.3) is 0 Å². The van der Waals surface area contributed by atoms with Gasteiger partial charge in [0.05, 0.1) is 4.90 Å². The first-order valence-electron chi connectivity index (χ1n) is 10.3. The van der Waals surface area contributed by atoms with Gasteiger partial charge >= 0.3 is 0 Å². The van der Waals surface area contributed by atoms with Crippen LogP contribution in [0.25, 0.3) is 0 Å². The summed E-state index contributed by atoms with van der Waals surface area (Å²) >= 11 is 0. The lowest BCUT2D eigenvalue weighted by Gasteiger charge is -2.39. The number of likely N-dealkylation sites (tertiary alicyclic amines) is 1. The van der Waals surface area contributed by atoms with Crippen molar-refractivity contribution in [3.63, 3.8) is 0 Å². The molecule has 0 amide bonds. The average molecular weight is 557 g/mol. The van der Waals surface area contributed by atoms with E-state index in [1.807, 2.05) is 19.2 Å². The quantitative estimate of drug-likeness (QED) is 0.346. The molecule has 0 saturated carbocycles. The predicted molar refractivity (Wildman–Crippen MR) is 137 cm³/mol. The van der Waals surface area contributed by atoms with Crippen molar-refractivity contribution in [1.82, 2.24) is 14.5 Å². The van der Waals surface area contributed by atoms with Crippen LogP contribution >= 0.6 is 24.0 Å². The molecule has 2 aromatic carbocycles. The maximum Gasteiger partial charge on any atom is 0.242 e. The van der Waals surface area contributed by atoms with E-state index < -0.39 is 10.0 Å². The molecule has 0 radical (unpaired) electrons. The lowest BCUT2D eigenvalue weighted by Crippen LogP contribution is -2.47. The second-order valence-electron chi connectivity index (χ2n) is 8.06. The van der Waals surface area contributed by atoms with Gasteiger partial charge in [-0.05, 0) is 41.5 Å². The van der Waals surface area contributed by atoms with E-state index in [9.17, 15) is 8.42 Å². The van der Waals surface area contributed by atoms with E-state index in [2.05, 4.69) is 52.5 Å². The molecule has 3 rings (SSSR count). The zero-order chi connectivity index (χ0) is 21.7. The minimum atomic E-state index is -3.40. The second kappa shape index (κ2) is 11.3. The number of guanidine groups is 1. The van der Waals surface area contributed by atoms with E-state index >= 15 is 0 Å². The van der Waals surface area contributed by atoms with E-state index in [1.165, 1.54) is 24.0 Å². The highest BCUT2D eigenvalue weighted by atomic mass is 127. The highest BCUT2D eigenvalue weighted by molar-refractivity contribution is 14.0. The zero-order valence-corrected chi connectivity index (χ0v) is 21.8. The predicted octanol–water partition coefficient (Wildman–Crippen LogP) is 3.76. The van der Waals surface area contributed by atoms with Crippen LogP contribution in [0.4, 0.5) is 0 Å². The molecule has 1 saturated heterocycles. The van der Waals surface area contributed by atoms with Crippen LogP contribution in [0.15, 0.2) is 64.5 Å². The summed E-state index contributed by atoms with van der Waals surface area (Å²) in [5, 5.41) is 3.43. The molecule has 0 bridgehead atoms. The molecule has 0 spiro atoms. The van der Waals surface area contributed by atoms with Crippen LogP contribution in [0.1, 0.15) is 30.4 Å². The molecule has 1 N–H and O–H groups in total. The Hall–Kier alpha value is -1.65. The van der Waals surface area contributed by atoms with Crippen molar-refractivity contribution in [2.45, 2.75) is 30.7 Å². The summed E-state index contributed by atoms with van der Waals surface area (Å²) in [4.78, 5) is 7.09. The van der Waals surface area contributed by atoms with Gasteiger partial charge in [0.2, 0.25) is 10.0 Å². The fourth-order valence-electron chi connectivity index (χ4n) is 4.04. The minimum absolute atomic E-state index is 0. The van der Waals surface area contributed by atoms with E-state index in [0.717, 1.165) is 31.0 Å². The van der Waals surface area contributed by atoms with E-state index in [1.54, 1.807) is 12.1 Å². The Kier molecular flexibility index (Phi) is 9.32. The number of benzene rings is 2. The van der Waals surface area contributed by atoms with E-state index in [-0.39, 0.29) is 24.0 Å². The van der Waals surface area contributed by atoms with Crippen LogP contribution in [0.5, 0.6) is 0 Å². The van der Waals surface area contributed by atoms with Gasteiger partial charge in [-0.3, -0.25) is 4.99 Å². The van der Waals surface area contributed by atoms with Gasteiger partial charge in [-0.15, -0.1) is 24.0 Å². The maximum absolute atomic E-state index is 12.2. The summed E-state index contributed by atoms with van der Waals surface area (Å²) in [5.41, 5.74) is 2.43. The summed E-state index contributed by atoms with van der Waals surface area (Å²) < 4.78 is 25.6. The number of sulfonamides is 1. The normalized spacial score (nSPS) is 19.8. The molecule has 2 unspecified atom stereocenters. The highest BCUT2D eigenvalue weighted by Gasteiger charge is 2.28. The Morgan fingerprint density at radius 3 is 2.32 bits per heavy atom. The second-order valence-corrected chi connectivity index (χ2v) is 10.2. The first-order chi connectivity index (χ1) is 14.3. The first-order valence-corrected chi connectivity index (χ1v) is 11.8. The Labute approximate surface area is 203 Å². The molecule has 31 heavy (non-hydrogen) atoms. The van der Waals surface area contributed by atoms with Crippen LogP contribution in [-0.4, -0.2) is 57.8 Å². The molecule has 1 aliphatic heterocycles. The third kappa shape index (κ3) is 6.20. The number of piperidine rings is 1. The minimum Gasteiger partial charge on any atom is -0.352 e. The number of nitrogens with zero attached hydrogens (tertiary/aromatic N) is 3. The number of rotatable bonds is 5. The average Bonchev–Trinajstić information content (AvgIpc) is 2.75. The Bertz CT molecular complexity index is 963. The van der Waals surface area contributed by atoms with E-state index in [0.29, 0.717) is 23.3 Å². The fraction of sp³-hybridized carbons (Fsp3) is 0.435. The number of nitrogens with one attached hydrogen (secondary N) is 1. The summed E-state index contributed by atoms with van der Waals surface area (Å²) in [6, 6.07) is 17.8. The number of aliphatic imine (C=N–C) groups is 1. The van der Waals surface area contributed by atoms with Crippen LogP contribution in [0.2, 0.25) is 0 Å². The molecule has 1 aliphatic rings. The summed E-state index contributed by atoms with van der Waals surface area (Å²) in [7, 11) is 1.49. The van der Waals surface area contributed by atoms with E-state index in [4.69, 9.17) is 0 Å². The van der Waals surface area contributed by atoms with Gasteiger partial charge in [-0.1, -0.05) is 49.4 Å². The number of hydrogen-bond acceptors (Lipinski definition) is 3. The topological polar surface area (TPSA) is 65.0 Å². The van der Waals surface area contributed by atoms with Crippen molar-refractivity contribution in [2.24, 2.45) is 10.9 Å². The van der Waals surface area contributed by atoms with Gasteiger partial charge in [-0.25, -0.2) is 12.7 Å². The number of hydrogen-bond donors (Lipinski definition) is 1. The molecular weight excluding hydrogens is 523 g/mol. The summed E-state index contributed by atoms with van der Waals surface area (Å²) in [5.74, 6) is 2.00. The van der Waals surface area contributed by atoms with Crippen LogP contribution < -0.4 is 5.32 Å². The number of halogens is 1. The molecule has 1 heterocycles. The third-order valence-corrected chi connectivity index (χ3v) is 7.63. The van der Waals surface area contributed by atoms with Crippen molar-refractivity contribution < 1.29 is 8.42 Å². The fourth-order valence-corrected chi connectivity index (χ4v) is 4.94. The molecule has 1 fully saturated rings. The van der Waals surface area contributed by atoms with Gasteiger partial charge in [-0.2, -0.15) is 0 Å². The highest BCUT2D eigenvalue weighted by Crippen LogP contribution is 2.32. The Morgan fingerprint density at radius 2 is 1.77 bits per heavy atom. The molecule has 0 aliphatic carbocycles. The molecule has 2 atom stereocenters. The van der Waals surface area contributed by atoms with Crippen molar-refractivity contribution in [3.8, 4) is 0 Å². The SMILES string of the molecule is CN=C(NCc1ccc(S(=O)(=O)N(C)C)cc1)N1CCC(c2ccccc2)C(C)C1.I. The molecule has 170 valence electrons. The van der Waals surface area contributed by atoms with Crippen molar-refractivity contribution in [2.75, 3.05) is 34.2 Å². The lowest BCUT2D eigenvalue weighted by molar-refractivity contribution is 0.234. The first kappa shape index (κ1) is 25.6. The maximum atomic E-state index is 12.2. The van der Waals surface area contributed by atoms with Crippen LogP contribution in [0.3, 0.4) is 0 Å².